The monoisotopic (exact) mass is 260 g/mol. The molecule has 0 spiro atoms. The van der Waals surface area contributed by atoms with E-state index in [1.807, 2.05) is 25.2 Å². The number of hydrogen-bond acceptors (Lipinski definition) is 3. The lowest BCUT2D eigenvalue weighted by Crippen LogP contribution is -2.08. The predicted molar refractivity (Wildman–Crippen MR) is 70.2 cm³/mol. The maximum Gasteiger partial charge on any atom is 0.307 e. The highest BCUT2D eigenvalue weighted by atomic mass is 16.5. The van der Waals surface area contributed by atoms with Gasteiger partial charge < -0.3 is 9.84 Å². The Balaban J connectivity index is 1.96. The molecule has 1 heterocycles. The van der Waals surface area contributed by atoms with E-state index >= 15 is 0 Å². The average molecular weight is 260 g/mol. The zero-order valence-corrected chi connectivity index (χ0v) is 10.7. The van der Waals surface area contributed by atoms with Crippen LogP contribution in [0.15, 0.2) is 36.5 Å². The van der Waals surface area contributed by atoms with Gasteiger partial charge in [0.25, 0.3) is 0 Å². The van der Waals surface area contributed by atoms with Gasteiger partial charge >= 0.3 is 5.97 Å². The van der Waals surface area contributed by atoms with Crippen molar-refractivity contribution in [3.05, 3.63) is 47.8 Å². The summed E-state index contributed by atoms with van der Waals surface area (Å²) in [5, 5.41) is 12.9. The lowest BCUT2D eigenvalue weighted by molar-refractivity contribution is -0.136. The van der Waals surface area contributed by atoms with E-state index in [4.69, 9.17) is 9.84 Å². The number of aliphatic carboxylic acids is 1. The van der Waals surface area contributed by atoms with Gasteiger partial charge in [-0.15, -0.1) is 0 Å². The van der Waals surface area contributed by atoms with Crippen LogP contribution in [0.2, 0.25) is 0 Å². The van der Waals surface area contributed by atoms with Gasteiger partial charge in [0.2, 0.25) is 0 Å². The van der Waals surface area contributed by atoms with Crippen LogP contribution in [0.4, 0.5) is 0 Å². The highest BCUT2D eigenvalue weighted by molar-refractivity contribution is 5.71. The molecular weight excluding hydrogens is 244 g/mol. The van der Waals surface area contributed by atoms with E-state index in [2.05, 4.69) is 5.10 Å². The normalized spacial score (nSPS) is 10.4. The van der Waals surface area contributed by atoms with Crippen LogP contribution in [0.5, 0.6) is 5.75 Å². The molecule has 0 aliphatic rings. The molecule has 2 aromatic rings. The minimum Gasteiger partial charge on any atom is -0.493 e. The van der Waals surface area contributed by atoms with Crippen LogP contribution in [0.1, 0.15) is 11.3 Å². The van der Waals surface area contributed by atoms with Gasteiger partial charge in [-0.2, -0.15) is 5.10 Å². The van der Waals surface area contributed by atoms with Gasteiger partial charge in [0, 0.05) is 30.9 Å². The topological polar surface area (TPSA) is 64.4 Å². The molecule has 1 aromatic carbocycles. The molecule has 0 saturated heterocycles. The first kappa shape index (κ1) is 13.1. The van der Waals surface area contributed by atoms with Gasteiger partial charge in [0.05, 0.1) is 13.0 Å². The third-order valence-corrected chi connectivity index (χ3v) is 2.85. The molecule has 5 nitrogen and oxygen atoms in total. The number of carboxylic acid groups (broad SMARTS) is 1. The van der Waals surface area contributed by atoms with Crippen LogP contribution >= 0.6 is 0 Å². The first-order chi connectivity index (χ1) is 9.16. The first-order valence-electron chi connectivity index (χ1n) is 6.06. The van der Waals surface area contributed by atoms with Crippen LogP contribution in [0.25, 0.3) is 0 Å². The lowest BCUT2D eigenvalue weighted by atomic mass is 10.1. The molecule has 0 fully saturated rings. The molecule has 100 valence electrons. The molecule has 0 aliphatic carbocycles. The van der Waals surface area contributed by atoms with Crippen molar-refractivity contribution >= 4 is 5.97 Å². The zero-order chi connectivity index (χ0) is 13.7. The third-order valence-electron chi connectivity index (χ3n) is 2.85. The van der Waals surface area contributed by atoms with Crippen molar-refractivity contribution in [1.82, 2.24) is 9.78 Å². The number of ether oxygens (including phenoxy) is 1. The number of nitrogens with zero attached hydrogens (tertiary/aromatic N) is 2. The molecule has 0 aliphatic heterocycles. The molecule has 0 unspecified atom stereocenters. The summed E-state index contributed by atoms with van der Waals surface area (Å²) in [6.07, 6.45) is 2.45. The van der Waals surface area contributed by atoms with Crippen LogP contribution in [-0.4, -0.2) is 27.5 Å². The Kier molecular flexibility index (Phi) is 4.18. The van der Waals surface area contributed by atoms with Gasteiger partial charge in [0.1, 0.15) is 5.75 Å². The summed E-state index contributed by atoms with van der Waals surface area (Å²) in [5.74, 6) is -0.227. The van der Waals surface area contributed by atoms with Gasteiger partial charge in [-0.05, 0) is 12.1 Å². The fraction of sp³-hybridized carbons (Fsp3) is 0.286. The predicted octanol–water partition coefficient (Wildman–Crippen LogP) is 1.67. The summed E-state index contributed by atoms with van der Waals surface area (Å²) < 4.78 is 7.46. The largest absolute Gasteiger partial charge is 0.493 e. The van der Waals surface area contributed by atoms with E-state index in [0.29, 0.717) is 17.9 Å². The second-order valence-corrected chi connectivity index (χ2v) is 4.22. The first-order valence-corrected chi connectivity index (χ1v) is 6.06. The van der Waals surface area contributed by atoms with Gasteiger partial charge in [-0.25, -0.2) is 0 Å². The Hall–Kier alpha value is -2.30. The number of benzene rings is 1. The van der Waals surface area contributed by atoms with Crippen LogP contribution < -0.4 is 4.74 Å². The molecule has 0 radical (unpaired) electrons. The minimum absolute atomic E-state index is 0.0259. The molecule has 0 saturated carbocycles. The van der Waals surface area contributed by atoms with Gasteiger partial charge in [0.15, 0.2) is 0 Å². The van der Waals surface area contributed by atoms with E-state index in [0.717, 1.165) is 12.1 Å². The molecule has 1 aromatic heterocycles. The maximum atomic E-state index is 10.8. The van der Waals surface area contributed by atoms with Crippen molar-refractivity contribution in [1.29, 1.82) is 0 Å². The number of aromatic nitrogens is 2. The summed E-state index contributed by atoms with van der Waals surface area (Å²) in [4.78, 5) is 10.8. The van der Waals surface area contributed by atoms with Crippen LogP contribution in [0.3, 0.4) is 0 Å². The number of para-hydroxylation sites is 1. The van der Waals surface area contributed by atoms with Crippen molar-refractivity contribution in [2.75, 3.05) is 6.61 Å². The van der Waals surface area contributed by atoms with Gasteiger partial charge in [-0.1, -0.05) is 18.2 Å². The molecule has 5 heteroatoms. The number of carboxylic acids is 1. The molecule has 0 bridgehead atoms. The Morgan fingerprint density at radius 3 is 2.84 bits per heavy atom. The number of carbonyl (C=O) groups is 1. The number of rotatable bonds is 6. The second-order valence-electron chi connectivity index (χ2n) is 4.22. The summed E-state index contributed by atoms with van der Waals surface area (Å²) in [6, 6.07) is 9.15. The average Bonchev–Trinajstić information content (AvgIpc) is 2.77. The quantitative estimate of drug-likeness (QED) is 0.858. The van der Waals surface area contributed by atoms with Crippen LogP contribution in [-0.2, 0) is 24.7 Å². The fourth-order valence-corrected chi connectivity index (χ4v) is 1.87. The molecule has 1 N–H and O–H groups in total. The van der Waals surface area contributed by atoms with Crippen molar-refractivity contribution in [3.8, 4) is 5.75 Å². The van der Waals surface area contributed by atoms with E-state index in [1.165, 1.54) is 0 Å². The maximum absolute atomic E-state index is 10.8. The lowest BCUT2D eigenvalue weighted by Gasteiger charge is -2.10. The van der Waals surface area contributed by atoms with E-state index < -0.39 is 5.97 Å². The summed E-state index contributed by atoms with van der Waals surface area (Å²) in [6.45, 7) is 0.496. The number of hydrogen-bond donors (Lipinski definition) is 1. The van der Waals surface area contributed by atoms with Crippen molar-refractivity contribution in [2.24, 2.45) is 7.05 Å². The smallest absolute Gasteiger partial charge is 0.307 e. The summed E-state index contributed by atoms with van der Waals surface area (Å²) in [7, 11) is 1.88. The van der Waals surface area contributed by atoms with Crippen LogP contribution in [0, 0.1) is 0 Å². The highest BCUT2D eigenvalue weighted by Crippen LogP contribution is 2.18. The Labute approximate surface area is 111 Å². The molecular formula is C14H16N2O3. The third kappa shape index (κ3) is 3.58. The molecule has 0 atom stereocenters. The highest BCUT2D eigenvalue weighted by Gasteiger charge is 2.07. The van der Waals surface area contributed by atoms with Crippen molar-refractivity contribution < 1.29 is 14.6 Å². The van der Waals surface area contributed by atoms with Crippen molar-refractivity contribution in [3.63, 3.8) is 0 Å². The number of aryl methyl sites for hydroxylation is 1. The SMILES string of the molecule is Cn1nccc1CCOc1ccccc1CC(=O)O. The molecule has 2 rings (SSSR count). The Morgan fingerprint density at radius 1 is 1.37 bits per heavy atom. The van der Waals surface area contributed by atoms with E-state index in [-0.39, 0.29) is 6.42 Å². The Bertz CT molecular complexity index is 563. The Morgan fingerprint density at radius 2 is 2.16 bits per heavy atom. The summed E-state index contributed by atoms with van der Waals surface area (Å²) in [5.41, 5.74) is 1.77. The minimum atomic E-state index is -0.859. The standard InChI is InChI=1S/C14H16N2O3/c1-16-12(6-8-15-16)7-9-19-13-5-3-2-4-11(13)10-14(17)18/h2-6,8H,7,9-10H2,1H3,(H,17,18). The zero-order valence-electron chi connectivity index (χ0n) is 10.7. The van der Waals surface area contributed by atoms with Gasteiger partial charge in [-0.3, -0.25) is 9.48 Å². The van der Waals surface area contributed by atoms with E-state index in [9.17, 15) is 4.79 Å². The fourth-order valence-electron chi connectivity index (χ4n) is 1.87. The second kappa shape index (κ2) is 6.04. The van der Waals surface area contributed by atoms with Crippen molar-refractivity contribution in [2.45, 2.75) is 12.8 Å². The summed E-state index contributed by atoms with van der Waals surface area (Å²) >= 11 is 0. The van der Waals surface area contributed by atoms with E-state index in [1.54, 1.807) is 23.0 Å². The molecule has 0 amide bonds. The molecule has 19 heavy (non-hydrogen) atoms.